The summed E-state index contributed by atoms with van der Waals surface area (Å²) in [4.78, 5) is 26.3. The Morgan fingerprint density at radius 2 is 1.97 bits per heavy atom. The van der Waals surface area contributed by atoms with Crippen LogP contribution < -0.4 is 15.4 Å². The average Bonchev–Trinajstić information content (AvgIpc) is 3.32. The lowest BCUT2D eigenvalue weighted by Gasteiger charge is -2.23. The molecule has 5 rings (SSSR count). The van der Waals surface area contributed by atoms with Crippen LogP contribution in [-0.4, -0.2) is 51.8 Å². The SMILES string of the molecule is COc1ccc(C(NC(=O)c2cc(F)c3cnc(NC4CCOCC4)nc3c2)c2nccn2C)cc1F. The Bertz CT molecular complexity index is 1440. The first-order valence-electron chi connectivity index (χ1n) is 11.8. The van der Waals surface area contributed by atoms with Gasteiger partial charge in [0, 0.05) is 50.5 Å². The Balaban J connectivity index is 1.45. The molecule has 1 aliphatic rings. The molecule has 1 atom stereocenters. The molecule has 192 valence electrons. The summed E-state index contributed by atoms with van der Waals surface area (Å²) < 4.78 is 41.6. The predicted octanol–water partition coefficient (Wildman–Crippen LogP) is 3.76. The Morgan fingerprint density at radius 3 is 2.68 bits per heavy atom. The van der Waals surface area contributed by atoms with Crippen LogP contribution in [0.15, 0.2) is 48.9 Å². The molecule has 2 aromatic carbocycles. The molecular formula is C26H26F2N6O3. The number of benzene rings is 2. The zero-order valence-corrected chi connectivity index (χ0v) is 20.4. The number of aromatic nitrogens is 4. The maximum absolute atomic E-state index is 15.0. The van der Waals surface area contributed by atoms with Gasteiger partial charge in [-0.05, 0) is 42.7 Å². The summed E-state index contributed by atoms with van der Waals surface area (Å²) in [5, 5.41) is 6.31. The Labute approximate surface area is 211 Å². The number of ether oxygens (including phenoxy) is 2. The predicted molar refractivity (Wildman–Crippen MR) is 132 cm³/mol. The zero-order chi connectivity index (χ0) is 25.9. The number of anilines is 1. The molecule has 2 aromatic heterocycles. The number of carbonyl (C=O) groups excluding carboxylic acids is 1. The second kappa shape index (κ2) is 10.5. The van der Waals surface area contributed by atoms with Gasteiger partial charge in [0.1, 0.15) is 17.7 Å². The van der Waals surface area contributed by atoms with E-state index in [9.17, 15) is 13.6 Å². The minimum absolute atomic E-state index is 0.0638. The first-order chi connectivity index (χ1) is 17.9. The number of rotatable bonds is 7. The zero-order valence-electron chi connectivity index (χ0n) is 20.4. The lowest BCUT2D eigenvalue weighted by molar-refractivity contribution is 0.0903. The van der Waals surface area contributed by atoms with Crippen LogP contribution >= 0.6 is 0 Å². The van der Waals surface area contributed by atoms with Gasteiger partial charge >= 0.3 is 0 Å². The molecule has 0 saturated carbocycles. The molecule has 0 spiro atoms. The molecule has 4 aromatic rings. The van der Waals surface area contributed by atoms with E-state index in [-0.39, 0.29) is 22.7 Å². The molecule has 11 heteroatoms. The molecule has 3 heterocycles. The maximum atomic E-state index is 15.0. The summed E-state index contributed by atoms with van der Waals surface area (Å²) in [5.41, 5.74) is 0.806. The van der Waals surface area contributed by atoms with Gasteiger partial charge < -0.3 is 24.7 Å². The van der Waals surface area contributed by atoms with Crippen LogP contribution in [-0.2, 0) is 11.8 Å². The normalized spacial score (nSPS) is 14.9. The number of nitrogens with one attached hydrogen (secondary N) is 2. The van der Waals surface area contributed by atoms with Crippen molar-refractivity contribution in [3.05, 3.63) is 77.5 Å². The Morgan fingerprint density at radius 1 is 1.16 bits per heavy atom. The number of fused-ring (bicyclic) bond motifs is 1. The van der Waals surface area contributed by atoms with Crippen molar-refractivity contribution in [1.82, 2.24) is 24.8 Å². The average molecular weight is 509 g/mol. The fraction of sp³-hybridized carbons (Fsp3) is 0.308. The van der Waals surface area contributed by atoms with E-state index in [1.54, 1.807) is 30.1 Å². The first kappa shape index (κ1) is 24.6. The van der Waals surface area contributed by atoms with Crippen LogP contribution in [0.2, 0.25) is 0 Å². The number of aryl methyl sites for hydroxylation is 1. The van der Waals surface area contributed by atoms with E-state index in [4.69, 9.17) is 9.47 Å². The topological polar surface area (TPSA) is 103 Å². The standard InChI is InChI=1S/C26H26F2N6O3/c1-34-8-7-29-24(34)23(15-3-4-22(36-2)20(28)11-15)33-25(35)16-12-19(27)18-14-30-26(32-21(18)13-16)31-17-5-9-37-10-6-17/h3-4,7-8,11-14,17,23H,5-6,9-10H2,1-2H3,(H,33,35)(H,30,31,32). The van der Waals surface area contributed by atoms with Crippen molar-refractivity contribution in [3.8, 4) is 5.75 Å². The van der Waals surface area contributed by atoms with E-state index >= 15 is 0 Å². The number of nitrogens with zero attached hydrogens (tertiary/aromatic N) is 4. The molecule has 9 nitrogen and oxygen atoms in total. The van der Waals surface area contributed by atoms with Crippen molar-refractivity contribution in [2.24, 2.45) is 7.05 Å². The number of carbonyl (C=O) groups is 1. The van der Waals surface area contributed by atoms with Crippen molar-refractivity contribution in [1.29, 1.82) is 0 Å². The van der Waals surface area contributed by atoms with Gasteiger partial charge in [0.15, 0.2) is 11.6 Å². The lowest BCUT2D eigenvalue weighted by atomic mass is 10.0. The quantitative estimate of drug-likeness (QED) is 0.392. The van der Waals surface area contributed by atoms with Gasteiger partial charge in [-0.2, -0.15) is 0 Å². The lowest BCUT2D eigenvalue weighted by Crippen LogP contribution is -2.31. The second-order valence-corrected chi connectivity index (χ2v) is 8.81. The van der Waals surface area contributed by atoms with E-state index in [0.717, 1.165) is 18.9 Å². The molecule has 0 aliphatic carbocycles. The number of hydrogen-bond acceptors (Lipinski definition) is 7. The summed E-state index contributed by atoms with van der Waals surface area (Å²) in [7, 11) is 3.14. The number of imidazole rings is 1. The highest BCUT2D eigenvalue weighted by Gasteiger charge is 2.24. The molecule has 0 bridgehead atoms. The summed E-state index contributed by atoms with van der Waals surface area (Å²) >= 11 is 0. The van der Waals surface area contributed by atoms with Gasteiger partial charge in [0.05, 0.1) is 18.0 Å². The molecule has 0 radical (unpaired) electrons. The van der Waals surface area contributed by atoms with Crippen LogP contribution in [0, 0.1) is 11.6 Å². The second-order valence-electron chi connectivity index (χ2n) is 8.81. The van der Waals surface area contributed by atoms with Gasteiger partial charge in [-0.3, -0.25) is 4.79 Å². The fourth-order valence-electron chi connectivity index (χ4n) is 4.35. The van der Waals surface area contributed by atoms with Crippen molar-refractivity contribution >= 4 is 22.8 Å². The third-order valence-corrected chi connectivity index (χ3v) is 6.37. The van der Waals surface area contributed by atoms with Crippen LogP contribution in [0.5, 0.6) is 5.75 Å². The van der Waals surface area contributed by atoms with E-state index in [0.29, 0.717) is 36.1 Å². The van der Waals surface area contributed by atoms with Crippen LogP contribution in [0.1, 0.15) is 40.6 Å². The van der Waals surface area contributed by atoms with E-state index < -0.39 is 23.6 Å². The highest BCUT2D eigenvalue weighted by atomic mass is 19.1. The maximum Gasteiger partial charge on any atom is 0.252 e. The monoisotopic (exact) mass is 508 g/mol. The molecule has 1 aliphatic heterocycles. The van der Waals surface area contributed by atoms with Crippen LogP contribution in [0.25, 0.3) is 10.9 Å². The van der Waals surface area contributed by atoms with E-state index in [1.807, 2.05) is 0 Å². The minimum atomic E-state index is -0.803. The smallest absolute Gasteiger partial charge is 0.252 e. The van der Waals surface area contributed by atoms with Gasteiger partial charge in [-0.25, -0.2) is 23.7 Å². The number of amides is 1. The Hall–Kier alpha value is -4.12. The highest BCUT2D eigenvalue weighted by molar-refractivity contribution is 5.98. The summed E-state index contributed by atoms with van der Waals surface area (Å²) in [6, 6.07) is 6.40. The van der Waals surface area contributed by atoms with Crippen LogP contribution in [0.4, 0.5) is 14.7 Å². The molecule has 1 amide bonds. The first-order valence-corrected chi connectivity index (χ1v) is 11.8. The van der Waals surface area contributed by atoms with Crippen molar-refractivity contribution in [2.45, 2.75) is 24.9 Å². The largest absolute Gasteiger partial charge is 0.494 e. The third kappa shape index (κ3) is 5.21. The molecule has 1 fully saturated rings. The number of methoxy groups -OCH3 is 1. The molecule has 37 heavy (non-hydrogen) atoms. The minimum Gasteiger partial charge on any atom is -0.494 e. The highest BCUT2D eigenvalue weighted by Crippen LogP contribution is 2.27. The van der Waals surface area contributed by atoms with Gasteiger partial charge in [-0.15, -0.1) is 0 Å². The molecule has 2 N–H and O–H groups in total. The fourth-order valence-corrected chi connectivity index (χ4v) is 4.35. The van der Waals surface area contributed by atoms with Crippen molar-refractivity contribution in [3.63, 3.8) is 0 Å². The Kier molecular flexibility index (Phi) is 6.95. The summed E-state index contributed by atoms with van der Waals surface area (Å²) in [6.45, 7) is 1.30. The van der Waals surface area contributed by atoms with E-state index in [2.05, 4.69) is 25.6 Å². The van der Waals surface area contributed by atoms with Crippen molar-refractivity contribution < 1.29 is 23.0 Å². The summed E-state index contributed by atoms with van der Waals surface area (Å²) in [6.07, 6.45) is 6.33. The van der Waals surface area contributed by atoms with Gasteiger partial charge in [0.2, 0.25) is 5.95 Å². The van der Waals surface area contributed by atoms with Gasteiger partial charge in [0.25, 0.3) is 5.91 Å². The molecule has 1 unspecified atom stereocenters. The summed E-state index contributed by atoms with van der Waals surface area (Å²) in [5.74, 6) is -0.853. The van der Waals surface area contributed by atoms with Gasteiger partial charge in [-0.1, -0.05) is 6.07 Å². The van der Waals surface area contributed by atoms with Crippen molar-refractivity contribution in [2.75, 3.05) is 25.6 Å². The molecule has 1 saturated heterocycles. The van der Waals surface area contributed by atoms with Crippen LogP contribution in [0.3, 0.4) is 0 Å². The third-order valence-electron chi connectivity index (χ3n) is 6.37. The number of halogens is 2. The number of hydrogen-bond donors (Lipinski definition) is 2. The molecular weight excluding hydrogens is 482 g/mol. The van der Waals surface area contributed by atoms with E-state index in [1.165, 1.54) is 31.5 Å².